The SMILES string of the molecule is C=CCN1CC[C@@]2(c3cccc(OC(C)=O)c3)C[C@@H](N(C)C(=O)C=Cc3cccc(OC)c3)CC[C@]2(O)C1. The summed E-state index contributed by atoms with van der Waals surface area (Å²) in [5, 5.41) is 12.2. The number of aliphatic hydroxyl groups is 1. The number of hydrogen-bond donors (Lipinski definition) is 1. The first-order valence-electron chi connectivity index (χ1n) is 13.1. The van der Waals surface area contributed by atoms with E-state index < -0.39 is 11.0 Å². The quantitative estimate of drug-likeness (QED) is 0.244. The lowest BCUT2D eigenvalue weighted by molar-refractivity contribution is -0.143. The first-order chi connectivity index (χ1) is 18.2. The highest BCUT2D eigenvalue weighted by Crippen LogP contribution is 2.52. The predicted octanol–water partition coefficient (Wildman–Crippen LogP) is 4.21. The number of amides is 1. The van der Waals surface area contributed by atoms with Crippen LogP contribution < -0.4 is 9.47 Å². The van der Waals surface area contributed by atoms with Crippen molar-refractivity contribution in [2.24, 2.45) is 0 Å². The van der Waals surface area contributed by atoms with Crippen LogP contribution >= 0.6 is 0 Å². The zero-order chi connectivity index (χ0) is 27.3. The van der Waals surface area contributed by atoms with E-state index in [9.17, 15) is 14.7 Å². The minimum atomic E-state index is -0.986. The third-order valence-electron chi connectivity index (χ3n) is 8.15. The Morgan fingerprint density at radius 1 is 1.18 bits per heavy atom. The summed E-state index contributed by atoms with van der Waals surface area (Å²) in [6.45, 7) is 7.28. The van der Waals surface area contributed by atoms with Gasteiger partial charge in [0.2, 0.25) is 5.91 Å². The summed E-state index contributed by atoms with van der Waals surface area (Å²) in [5.74, 6) is 0.731. The molecule has 7 nitrogen and oxygen atoms in total. The average molecular weight is 519 g/mol. The van der Waals surface area contributed by atoms with Gasteiger partial charge in [0.15, 0.2) is 0 Å². The number of piperidine rings is 1. The molecule has 2 aliphatic rings. The number of benzene rings is 2. The molecule has 3 atom stereocenters. The number of rotatable bonds is 8. The molecule has 202 valence electrons. The van der Waals surface area contributed by atoms with Crippen LogP contribution in [0, 0.1) is 0 Å². The summed E-state index contributed by atoms with van der Waals surface area (Å²) in [4.78, 5) is 28.9. The molecule has 1 amide bonds. The van der Waals surface area contributed by atoms with Crippen molar-refractivity contribution in [3.8, 4) is 11.5 Å². The van der Waals surface area contributed by atoms with E-state index in [0.717, 1.165) is 29.8 Å². The Morgan fingerprint density at radius 2 is 1.95 bits per heavy atom. The van der Waals surface area contributed by atoms with E-state index in [1.807, 2.05) is 55.6 Å². The van der Waals surface area contributed by atoms with Gasteiger partial charge in [-0.05, 0) is 73.7 Å². The zero-order valence-corrected chi connectivity index (χ0v) is 22.6. The second-order valence-corrected chi connectivity index (χ2v) is 10.5. The van der Waals surface area contributed by atoms with E-state index in [0.29, 0.717) is 38.1 Å². The molecule has 7 heteroatoms. The topological polar surface area (TPSA) is 79.3 Å². The molecule has 0 bridgehead atoms. The van der Waals surface area contributed by atoms with Gasteiger partial charge in [0.25, 0.3) is 0 Å². The molecule has 1 saturated carbocycles. The molecule has 1 saturated heterocycles. The molecule has 1 aliphatic heterocycles. The Labute approximate surface area is 225 Å². The maximum Gasteiger partial charge on any atom is 0.308 e. The molecule has 4 rings (SSSR count). The fourth-order valence-corrected chi connectivity index (χ4v) is 6.14. The number of likely N-dealkylation sites (tertiary alicyclic amines) is 1. The number of methoxy groups -OCH3 is 1. The maximum absolute atomic E-state index is 13.2. The molecular weight excluding hydrogens is 480 g/mol. The van der Waals surface area contributed by atoms with Crippen molar-refractivity contribution in [2.75, 3.05) is 33.8 Å². The summed E-state index contributed by atoms with van der Waals surface area (Å²) in [6, 6.07) is 15.0. The number of esters is 1. The molecule has 1 heterocycles. The van der Waals surface area contributed by atoms with E-state index in [1.54, 1.807) is 30.2 Å². The van der Waals surface area contributed by atoms with Gasteiger partial charge in [-0.15, -0.1) is 6.58 Å². The highest BCUT2D eigenvalue weighted by Gasteiger charge is 2.58. The van der Waals surface area contributed by atoms with Crippen LogP contribution in [-0.4, -0.2) is 72.2 Å². The largest absolute Gasteiger partial charge is 0.497 e. The van der Waals surface area contributed by atoms with E-state index >= 15 is 0 Å². The molecule has 0 spiro atoms. The van der Waals surface area contributed by atoms with Crippen LogP contribution in [0.1, 0.15) is 43.7 Å². The molecule has 0 unspecified atom stereocenters. The van der Waals surface area contributed by atoms with Gasteiger partial charge in [0.05, 0.1) is 12.7 Å². The van der Waals surface area contributed by atoms with Crippen LogP contribution in [0.15, 0.2) is 67.3 Å². The number of carbonyl (C=O) groups excluding carboxylic acids is 2. The van der Waals surface area contributed by atoms with Crippen molar-refractivity contribution < 1.29 is 24.2 Å². The summed E-state index contributed by atoms with van der Waals surface area (Å²) in [6.07, 6.45) is 7.84. The van der Waals surface area contributed by atoms with Gasteiger partial charge in [0, 0.05) is 44.6 Å². The third-order valence-corrected chi connectivity index (χ3v) is 8.15. The summed E-state index contributed by atoms with van der Waals surface area (Å²) >= 11 is 0. The summed E-state index contributed by atoms with van der Waals surface area (Å²) in [5.41, 5.74) is 0.251. The predicted molar refractivity (Wildman–Crippen MR) is 148 cm³/mol. The third kappa shape index (κ3) is 5.69. The second kappa shape index (κ2) is 11.5. The van der Waals surface area contributed by atoms with Crippen molar-refractivity contribution >= 4 is 18.0 Å². The van der Waals surface area contributed by atoms with Crippen LogP contribution in [0.3, 0.4) is 0 Å². The highest BCUT2D eigenvalue weighted by molar-refractivity contribution is 5.91. The first-order valence-corrected chi connectivity index (χ1v) is 13.1. The van der Waals surface area contributed by atoms with Crippen LogP contribution in [-0.2, 0) is 15.0 Å². The molecule has 1 aliphatic carbocycles. The van der Waals surface area contributed by atoms with E-state index in [2.05, 4.69) is 11.5 Å². The van der Waals surface area contributed by atoms with Gasteiger partial charge in [-0.1, -0.05) is 30.3 Å². The monoisotopic (exact) mass is 518 g/mol. The Bertz CT molecular complexity index is 1210. The molecule has 2 aromatic rings. The highest BCUT2D eigenvalue weighted by atomic mass is 16.5. The van der Waals surface area contributed by atoms with Crippen LogP contribution in [0.2, 0.25) is 0 Å². The van der Waals surface area contributed by atoms with Gasteiger partial charge in [-0.2, -0.15) is 0 Å². The molecular formula is C31H38N2O5. The fraction of sp³-hybridized carbons (Fsp3) is 0.419. The normalized spacial score (nSPS) is 25.4. The first kappa shape index (κ1) is 27.6. The Hall–Kier alpha value is -3.42. The smallest absolute Gasteiger partial charge is 0.308 e. The molecule has 0 radical (unpaired) electrons. The van der Waals surface area contributed by atoms with Crippen LogP contribution in [0.25, 0.3) is 6.08 Å². The number of nitrogens with zero attached hydrogens (tertiary/aromatic N) is 2. The van der Waals surface area contributed by atoms with Gasteiger partial charge in [-0.25, -0.2) is 0 Å². The molecule has 2 aromatic carbocycles. The van der Waals surface area contributed by atoms with Crippen molar-refractivity contribution in [3.63, 3.8) is 0 Å². The number of fused-ring (bicyclic) bond motifs is 1. The van der Waals surface area contributed by atoms with Gasteiger partial charge < -0.3 is 19.5 Å². The lowest BCUT2D eigenvalue weighted by Crippen LogP contribution is -2.67. The molecule has 2 fully saturated rings. The average Bonchev–Trinajstić information content (AvgIpc) is 2.91. The number of hydrogen-bond acceptors (Lipinski definition) is 6. The number of β-amino-alcohol motifs (C(OH)–C–C–N with tert-alkyl or cyclic N) is 1. The molecule has 0 aromatic heterocycles. The Kier molecular flexibility index (Phi) is 8.38. The minimum absolute atomic E-state index is 0.0546. The van der Waals surface area contributed by atoms with Gasteiger partial charge in [0.1, 0.15) is 11.5 Å². The van der Waals surface area contributed by atoms with Crippen molar-refractivity contribution in [1.82, 2.24) is 9.80 Å². The maximum atomic E-state index is 13.2. The van der Waals surface area contributed by atoms with Crippen LogP contribution in [0.4, 0.5) is 0 Å². The zero-order valence-electron chi connectivity index (χ0n) is 22.6. The van der Waals surface area contributed by atoms with Crippen molar-refractivity contribution in [2.45, 2.75) is 49.7 Å². The number of likely N-dealkylation sites (N-methyl/N-ethyl adjacent to an activating group) is 1. The Morgan fingerprint density at radius 3 is 2.68 bits per heavy atom. The standard InChI is InChI=1S/C31H38N2O5/c1-5-17-33-18-16-30(25-9-7-11-28(20-25)38-23(2)34)21-26(14-15-31(30,36)22-33)32(3)29(35)13-12-24-8-6-10-27(19-24)37-4/h5-13,19-20,26,36H,1,14-18,21-22H2,2-4H3/t26-,30-,31-/m0/s1. The van der Waals surface area contributed by atoms with E-state index in [1.165, 1.54) is 6.92 Å². The van der Waals surface area contributed by atoms with Crippen LogP contribution in [0.5, 0.6) is 11.5 Å². The van der Waals surface area contributed by atoms with Crippen molar-refractivity contribution in [1.29, 1.82) is 0 Å². The van der Waals surface area contributed by atoms with Gasteiger partial charge >= 0.3 is 5.97 Å². The van der Waals surface area contributed by atoms with E-state index in [4.69, 9.17) is 9.47 Å². The second-order valence-electron chi connectivity index (χ2n) is 10.5. The molecule has 1 N–H and O–H groups in total. The molecule has 38 heavy (non-hydrogen) atoms. The Balaban J connectivity index is 1.61. The van der Waals surface area contributed by atoms with Crippen molar-refractivity contribution in [3.05, 3.63) is 78.4 Å². The van der Waals surface area contributed by atoms with E-state index in [-0.39, 0.29) is 17.9 Å². The summed E-state index contributed by atoms with van der Waals surface area (Å²) in [7, 11) is 3.45. The number of ether oxygens (including phenoxy) is 2. The lowest BCUT2D eigenvalue weighted by Gasteiger charge is -2.59. The minimum Gasteiger partial charge on any atom is -0.497 e. The number of carbonyl (C=O) groups is 2. The summed E-state index contributed by atoms with van der Waals surface area (Å²) < 4.78 is 10.7. The fourth-order valence-electron chi connectivity index (χ4n) is 6.14. The van der Waals surface area contributed by atoms with Gasteiger partial charge in [-0.3, -0.25) is 14.5 Å². The lowest BCUT2D eigenvalue weighted by atomic mass is 9.55.